The minimum atomic E-state index is -0.668. The van der Waals surface area contributed by atoms with E-state index >= 15 is 0 Å². The van der Waals surface area contributed by atoms with E-state index in [1.807, 2.05) is 24.7 Å². The highest BCUT2D eigenvalue weighted by molar-refractivity contribution is 9.10. The molecule has 1 aliphatic rings. The Morgan fingerprint density at radius 1 is 1.78 bits per heavy atom. The number of halogens is 1. The van der Waals surface area contributed by atoms with Crippen LogP contribution in [0, 0.1) is 0 Å². The summed E-state index contributed by atoms with van der Waals surface area (Å²) < 4.78 is 2.78. The van der Waals surface area contributed by atoms with Crippen LogP contribution in [0.15, 0.2) is 16.9 Å². The zero-order chi connectivity index (χ0) is 13.3. The minimum absolute atomic E-state index is 0.111. The molecule has 1 aliphatic carbocycles. The van der Waals surface area contributed by atoms with Gasteiger partial charge in [-0.25, -0.2) is 0 Å². The molecule has 100 valence electrons. The van der Waals surface area contributed by atoms with E-state index in [0.29, 0.717) is 12.5 Å². The van der Waals surface area contributed by atoms with Gasteiger partial charge in [0.1, 0.15) is 0 Å². The van der Waals surface area contributed by atoms with Crippen molar-refractivity contribution >= 4 is 21.8 Å². The van der Waals surface area contributed by atoms with E-state index in [-0.39, 0.29) is 11.9 Å². The van der Waals surface area contributed by atoms with E-state index in [2.05, 4.69) is 26.3 Å². The van der Waals surface area contributed by atoms with E-state index < -0.39 is 5.54 Å². The number of carbonyl (C=O) groups excluding carboxylic acids is 1. The number of carbonyl (C=O) groups is 1. The summed E-state index contributed by atoms with van der Waals surface area (Å²) in [6, 6.07) is 0.555. The predicted molar refractivity (Wildman–Crippen MR) is 73.0 cm³/mol. The third kappa shape index (κ3) is 3.11. The first-order chi connectivity index (χ1) is 8.40. The highest BCUT2D eigenvalue weighted by Gasteiger charge is 2.38. The number of nitrogens with one attached hydrogen (secondary N) is 1. The quantitative estimate of drug-likeness (QED) is 0.837. The van der Waals surface area contributed by atoms with Crippen molar-refractivity contribution in [1.29, 1.82) is 0 Å². The van der Waals surface area contributed by atoms with Crippen molar-refractivity contribution in [2.75, 3.05) is 0 Å². The maximum absolute atomic E-state index is 11.7. The first-order valence-electron chi connectivity index (χ1n) is 6.18. The zero-order valence-corrected chi connectivity index (χ0v) is 12.3. The summed E-state index contributed by atoms with van der Waals surface area (Å²) in [6.45, 7) is 3.91. The molecule has 3 N–H and O–H groups in total. The van der Waals surface area contributed by atoms with Crippen molar-refractivity contribution in [2.45, 2.75) is 50.7 Å². The van der Waals surface area contributed by atoms with E-state index in [1.54, 1.807) is 6.20 Å². The van der Waals surface area contributed by atoms with E-state index in [0.717, 1.165) is 17.3 Å². The molecule has 18 heavy (non-hydrogen) atoms. The Hall–Kier alpha value is -0.880. The molecule has 5 nitrogen and oxygen atoms in total. The molecule has 1 aromatic rings. The molecule has 1 fully saturated rings. The lowest BCUT2D eigenvalue weighted by Gasteiger charge is -2.30. The number of hydrogen-bond acceptors (Lipinski definition) is 3. The largest absolute Gasteiger partial charge is 0.368 e. The third-order valence-corrected chi connectivity index (χ3v) is 3.78. The molecule has 0 aromatic carbocycles. The summed E-state index contributed by atoms with van der Waals surface area (Å²) in [5.41, 5.74) is 4.87. The molecule has 0 saturated heterocycles. The Labute approximate surface area is 115 Å². The lowest BCUT2D eigenvalue weighted by Crippen LogP contribution is -2.55. The highest BCUT2D eigenvalue weighted by Crippen LogP contribution is 2.27. The van der Waals surface area contributed by atoms with Crippen molar-refractivity contribution < 1.29 is 4.79 Å². The first kappa shape index (κ1) is 13.5. The Balaban J connectivity index is 2.05. The van der Waals surface area contributed by atoms with Crippen LogP contribution in [0.2, 0.25) is 0 Å². The van der Waals surface area contributed by atoms with Crippen LogP contribution < -0.4 is 11.1 Å². The van der Waals surface area contributed by atoms with Crippen molar-refractivity contribution in [3.63, 3.8) is 0 Å². The monoisotopic (exact) mass is 314 g/mol. The molecule has 0 bridgehead atoms. The lowest BCUT2D eigenvalue weighted by atomic mass is 9.92. The average Bonchev–Trinajstić information content (AvgIpc) is 2.97. The van der Waals surface area contributed by atoms with Crippen molar-refractivity contribution in [3.05, 3.63) is 16.9 Å². The van der Waals surface area contributed by atoms with Crippen LogP contribution in [0.3, 0.4) is 0 Å². The molecular formula is C12H19BrN4O. The van der Waals surface area contributed by atoms with Gasteiger partial charge in [-0.15, -0.1) is 0 Å². The van der Waals surface area contributed by atoms with Gasteiger partial charge in [-0.2, -0.15) is 5.10 Å². The molecule has 0 aliphatic heterocycles. The van der Waals surface area contributed by atoms with Crippen LogP contribution in [-0.2, 0) is 4.79 Å². The summed E-state index contributed by atoms with van der Waals surface area (Å²) >= 11 is 3.37. The Bertz CT molecular complexity index is 443. The van der Waals surface area contributed by atoms with Crippen LogP contribution in [0.25, 0.3) is 0 Å². The molecule has 2 atom stereocenters. The molecule has 1 saturated carbocycles. The number of hydrogen-bond donors (Lipinski definition) is 2. The highest BCUT2D eigenvalue weighted by atomic mass is 79.9. The van der Waals surface area contributed by atoms with Gasteiger partial charge in [-0.1, -0.05) is 0 Å². The molecule has 0 radical (unpaired) electrons. The number of aromatic nitrogens is 2. The Morgan fingerprint density at radius 2 is 2.44 bits per heavy atom. The van der Waals surface area contributed by atoms with Gasteiger partial charge in [-0.05, 0) is 49.0 Å². The van der Waals surface area contributed by atoms with E-state index in [4.69, 9.17) is 5.73 Å². The topological polar surface area (TPSA) is 72.9 Å². The lowest BCUT2D eigenvalue weighted by molar-refractivity contribution is -0.124. The number of primary amides is 1. The second-order valence-electron chi connectivity index (χ2n) is 5.31. The summed E-state index contributed by atoms with van der Waals surface area (Å²) in [7, 11) is 0. The zero-order valence-electron chi connectivity index (χ0n) is 10.7. The SMILES string of the molecule is CC(CC(C)(NC1CC1)C(N)=O)n1cc(Br)cn1. The summed E-state index contributed by atoms with van der Waals surface area (Å²) in [4.78, 5) is 11.7. The molecular weight excluding hydrogens is 296 g/mol. The molecule has 6 heteroatoms. The van der Waals surface area contributed by atoms with Gasteiger partial charge >= 0.3 is 0 Å². The summed E-state index contributed by atoms with van der Waals surface area (Å²) in [5, 5.41) is 7.59. The van der Waals surface area contributed by atoms with Crippen LogP contribution in [0.4, 0.5) is 0 Å². The maximum atomic E-state index is 11.7. The molecule has 0 spiro atoms. The standard InChI is InChI=1S/C12H19BrN4O/c1-8(17-7-9(13)6-15-17)5-12(2,11(14)18)16-10-3-4-10/h6-8,10,16H,3-5H2,1-2H3,(H2,14,18). The fourth-order valence-corrected chi connectivity index (χ4v) is 2.45. The van der Waals surface area contributed by atoms with Gasteiger partial charge in [-0.3, -0.25) is 9.48 Å². The number of amides is 1. The maximum Gasteiger partial charge on any atom is 0.237 e. The smallest absolute Gasteiger partial charge is 0.237 e. The van der Waals surface area contributed by atoms with Crippen LogP contribution in [0.1, 0.15) is 39.2 Å². The second kappa shape index (κ2) is 5.01. The number of nitrogens with two attached hydrogens (primary N) is 1. The molecule has 1 aromatic heterocycles. The van der Waals surface area contributed by atoms with Crippen LogP contribution >= 0.6 is 15.9 Å². The van der Waals surface area contributed by atoms with Crippen molar-refractivity contribution in [3.8, 4) is 0 Å². The van der Waals surface area contributed by atoms with Crippen molar-refractivity contribution in [2.24, 2.45) is 5.73 Å². The van der Waals surface area contributed by atoms with Crippen molar-refractivity contribution in [1.82, 2.24) is 15.1 Å². The molecule has 1 heterocycles. The summed E-state index contributed by atoms with van der Waals surface area (Å²) in [6.07, 6.45) is 6.54. The minimum Gasteiger partial charge on any atom is -0.368 e. The molecule has 1 amide bonds. The van der Waals surface area contributed by atoms with Crippen LogP contribution in [0.5, 0.6) is 0 Å². The van der Waals surface area contributed by atoms with Gasteiger partial charge in [0.2, 0.25) is 5.91 Å². The molecule has 2 unspecified atom stereocenters. The fraction of sp³-hybridized carbons (Fsp3) is 0.667. The average molecular weight is 315 g/mol. The van der Waals surface area contributed by atoms with Crippen LogP contribution in [-0.4, -0.2) is 27.3 Å². The van der Waals surface area contributed by atoms with Gasteiger partial charge in [0.05, 0.1) is 22.3 Å². The van der Waals surface area contributed by atoms with E-state index in [9.17, 15) is 4.79 Å². The predicted octanol–water partition coefficient (Wildman–Crippen LogP) is 1.59. The first-order valence-corrected chi connectivity index (χ1v) is 6.97. The Morgan fingerprint density at radius 3 is 2.89 bits per heavy atom. The summed E-state index contributed by atoms with van der Waals surface area (Å²) in [5.74, 6) is -0.299. The Kier molecular flexibility index (Phi) is 3.77. The van der Waals surface area contributed by atoms with E-state index in [1.165, 1.54) is 0 Å². The number of nitrogens with zero attached hydrogens (tertiary/aromatic N) is 2. The molecule has 2 rings (SSSR count). The van der Waals surface area contributed by atoms with Gasteiger partial charge < -0.3 is 11.1 Å². The normalized spacial score (nSPS) is 20.4. The number of rotatable bonds is 6. The fourth-order valence-electron chi connectivity index (χ4n) is 2.15. The third-order valence-electron chi connectivity index (χ3n) is 3.37. The second-order valence-corrected chi connectivity index (χ2v) is 6.22. The van der Waals surface area contributed by atoms with Gasteiger partial charge in [0, 0.05) is 12.2 Å². The van der Waals surface area contributed by atoms with Gasteiger partial charge in [0.15, 0.2) is 0 Å². The van der Waals surface area contributed by atoms with Gasteiger partial charge in [0.25, 0.3) is 0 Å².